The van der Waals surface area contributed by atoms with Gasteiger partial charge >= 0.3 is 0 Å². The van der Waals surface area contributed by atoms with E-state index in [1.165, 1.54) is 12.0 Å². The van der Waals surface area contributed by atoms with E-state index in [9.17, 15) is 0 Å². The minimum atomic E-state index is 0.213. The molecule has 1 aromatic carbocycles. The molecular weight excluding hydrogens is 238 g/mol. The van der Waals surface area contributed by atoms with Crippen LogP contribution in [0.15, 0.2) is 18.2 Å². The fourth-order valence-electron chi connectivity index (χ4n) is 2.14. The van der Waals surface area contributed by atoms with Gasteiger partial charge in [-0.2, -0.15) is 0 Å². The molecule has 1 heterocycles. The van der Waals surface area contributed by atoms with E-state index < -0.39 is 0 Å². The summed E-state index contributed by atoms with van der Waals surface area (Å²) in [5.41, 5.74) is 7.49. The number of rotatable bonds is 3. The van der Waals surface area contributed by atoms with Gasteiger partial charge in [-0.15, -0.1) is 0 Å². The van der Waals surface area contributed by atoms with Crippen LogP contribution in [0.5, 0.6) is 5.75 Å². The van der Waals surface area contributed by atoms with Crippen LogP contribution in [-0.4, -0.2) is 25.9 Å². The average molecular weight is 259 g/mol. The molecule has 0 bridgehead atoms. The first-order valence-corrected chi connectivity index (χ1v) is 6.83. The number of aryl methyl sites for hydroxylation is 1. The third-order valence-corrected chi connectivity index (χ3v) is 3.16. The quantitative estimate of drug-likeness (QED) is 0.847. The second kappa shape index (κ2) is 7.18. The lowest BCUT2D eigenvalue weighted by molar-refractivity contribution is -0.0111. The standard InChI is InChI=1S/C16H21NO2/c1-13-7-8-16(14(11-13)5-4-9-17)19-12-15-6-2-3-10-18-15/h7-8,11,15H,2-3,6,9-10,12,17H2,1H3. The zero-order valence-electron chi connectivity index (χ0n) is 11.4. The second-order valence-electron chi connectivity index (χ2n) is 4.81. The molecule has 1 unspecified atom stereocenters. The molecule has 3 nitrogen and oxygen atoms in total. The van der Waals surface area contributed by atoms with E-state index in [0.717, 1.165) is 30.8 Å². The first-order valence-electron chi connectivity index (χ1n) is 6.83. The Morgan fingerprint density at radius 2 is 2.32 bits per heavy atom. The number of ether oxygens (including phenoxy) is 2. The van der Waals surface area contributed by atoms with Crippen molar-refractivity contribution in [2.45, 2.75) is 32.3 Å². The van der Waals surface area contributed by atoms with E-state index in [0.29, 0.717) is 13.2 Å². The molecule has 3 heteroatoms. The first kappa shape index (κ1) is 13.9. The number of hydrogen-bond acceptors (Lipinski definition) is 3. The van der Waals surface area contributed by atoms with Crippen LogP contribution >= 0.6 is 0 Å². The monoisotopic (exact) mass is 259 g/mol. The lowest BCUT2D eigenvalue weighted by atomic mass is 10.1. The van der Waals surface area contributed by atoms with Gasteiger partial charge in [-0.1, -0.05) is 17.9 Å². The maximum atomic E-state index is 5.86. The molecule has 1 atom stereocenters. The molecule has 102 valence electrons. The van der Waals surface area contributed by atoms with Gasteiger partial charge < -0.3 is 15.2 Å². The van der Waals surface area contributed by atoms with Crippen LogP contribution in [-0.2, 0) is 4.74 Å². The topological polar surface area (TPSA) is 44.5 Å². The summed E-state index contributed by atoms with van der Waals surface area (Å²) in [7, 11) is 0. The largest absolute Gasteiger partial charge is 0.490 e. The molecule has 1 aliphatic heterocycles. The molecule has 0 saturated carbocycles. The maximum absolute atomic E-state index is 5.86. The number of benzene rings is 1. The summed E-state index contributed by atoms with van der Waals surface area (Å²) in [4.78, 5) is 0. The van der Waals surface area contributed by atoms with Gasteiger partial charge in [0.05, 0.1) is 18.2 Å². The first-order chi connectivity index (χ1) is 9.29. The fourth-order valence-corrected chi connectivity index (χ4v) is 2.14. The Morgan fingerprint density at radius 1 is 1.42 bits per heavy atom. The van der Waals surface area contributed by atoms with Crippen LogP contribution in [0.25, 0.3) is 0 Å². The molecule has 1 saturated heterocycles. The van der Waals surface area contributed by atoms with Crippen molar-refractivity contribution in [3.63, 3.8) is 0 Å². The van der Waals surface area contributed by atoms with Crippen molar-refractivity contribution in [2.75, 3.05) is 19.8 Å². The molecule has 1 fully saturated rings. The van der Waals surface area contributed by atoms with Crippen LogP contribution in [0.2, 0.25) is 0 Å². The van der Waals surface area contributed by atoms with Gasteiger partial charge in [-0.25, -0.2) is 0 Å². The van der Waals surface area contributed by atoms with Gasteiger partial charge in [-0.3, -0.25) is 0 Å². The molecule has 2 rings (SSSR count). The molecule has 0 spiro atoms. The fraction of sp³-hybridized carbons (Fsp3) is 0.500. The van der Waals surface area contributed by atoms with Crippen molar-refractivity contribution in [1.82, 2.24) is 0 Å². The molecule has 0 radical (unpaired) electrons. The summed E-state index contributed by atoms with van der Waals surface area (Å²) in [6.45, 7) is 3.85. The van der Waals surface area contributed by atoms with Crippen LogP contribution in [0.1, 0.15) is 30.4 Å². The Bertz CT molecular complexity index is 467. The lowest BCUT2D eigenvalue weighted by Gasteiger charge is -2.23. The van der Waals surface area contributed by atoms with Gasteiger partial charge in [0, 0.05) is 6.61 Å². The Morgan fingerprint density at radius 3 is 3.05 bits per heavy atom. The van der Waals surface area contributed by atoms with Crippen molar-refractivity contribution >= 4 is 0 Å². The Balaban J connectivity index is 2.02. The molecule has 2 N–H and O–H groups in total. The van der Waals surface area contributed by atoms with Crippen LogP contribution in [0, 0.1) is 18.8 Å². The van der Waals surface area contributed by atoms with E-state index in [-0.39, 0.29) is 6.10 Å². The Labute approximate surface area is 115 Å². The van der Waals surface area contributed by atoms with Crippen molar-refractivity contribution in [1.29, 1.82) is 0 Å². The average Bonchev–Trinajstić information content (AvgIpc) is 2.45. The predicted octanol–water partition coefficient (Wildman–Crippen LogP) is 2.25. The summed E-state index contributed by atoms with van der Waals surface area (Å²) in [5.74, 6) is 6.76. The van der Waals surface area contributed by atoms with Crippen molar-refractivity contribution in [3.8, 4) is 17.6 Å². The Hall–Kier alpha value is -1.50. The lowest BCUT2D eigenvalue weighted by Crippen LogP contribution is -2.25. The molecule has 0 aliphatic carbocycles. The molecule has 19 heavy (non-hydrogen) atoms. The van der Waals surface area contributed by atoms with Crippen molar-refractivity contribution < 1.29 is 9.47 Å². The van der Waals surface area contributed by atoms with Crippen LogP contribution in [0.3, 0.4) is 0 Å². The van der Waals surface area contributed by atoms with Gasteiger partial charge in [-0.05, 0) is 43.9 Å². The normalized spacial score (nSPS) is 18.5. The van der Waals surface area contributed by atoms with E-state index in [1.807, 2.05) is 25.1 Å². The smallest absolute Gasteiger partial charge is 0.135 e. The molecule has 1 aliphatic rings. The Kier molecular flexibility index (Phi) is 5.26. The second-order valence-corrected chi connectivity index (χ2v) is 4.81. The summed E-state index contributed by atoms with van der Waals surface area (Å²) in [5, 5.41) is 0. The number of hydrogen-bond donors (Lipinski definition) is 1. The van der Waals surface area contributed by atoms with Crippen LogP contribution in [0.4, 0.5) is 0 Å². The summed E-state index contributed by atoms with van der Waals surface area (Å²) in [6, 6.07) is 6.03. The zero-order chi connectivity index (χ0) is 13.5. The predicted molar refractivity (Wildman–Crippen MR) is 76.2 cm³/mol. The highest BCUT2D eigenvalue weighted by molar-refractivity contribution is 5.48. The highest BCUT2D eigenvalue weighted by Gasteiger charge is 2.15. The minimum Gasteiger partial charge on any atom is -0.490 e. The molecule has 0 aromatic heterocycles. The van der Waals surface area contributed by atoms with E-state index >= 15 is 0 Å². The van der Waals surface area contributed by atoms with Crippen molar-refractivity contribution in [3.05, 3.63) is 29.3 Å². The van der Waals surface area contributed by atoms with Crippen LogP contribution < -0.4 is 10.5 Å². The summed E-state index contributed by atoms with van der Waals surface area (Å²) >= 11 is 0. The van der Waals surface area contributed by atoms with Gasteiger partial charge in [0.25, 0.3) is 0 Å². The summed E-state index contributed by atoms with van der Waals surface area (Å²) < 4.78 is 11.5. The molecule has 1 aromatic rings. The zero-order valence-corrected chi connectivity index (χ0v) is 11.4. The highest BCUT2D eigenvalue weighted by Crippen LogP contribution is 2.21. The maximum Gasteiger partial charge on any atom is 0.135 e. The van der Waals surface area contributed by atoms with E-state index in [2.05, 4.69) is 11.8 Å². The minimum absolute atomic E-state index is 0.213. The van der Waals surface area contributed by atoms with Gasteiger partial charge in [0.15, 0.2) is 0 Å². The van der Waals surface area contributed by atoms with Crippen molar-refractivity contribution in [2.24, 2.45) is 5.73 Å². The molecule has 0 amide bonds. The van der Waals surface area contributed by atoms with E-state index in [1.54, 1.807) is 0 Å². The third-order valence-electron chi connectivity index (χ3n) is 3.16. The molecular formula is C16H21NO2. The van der Waals surface area contributed by atoms with Gasteiger partial charge in [0.2, 0.25) is 0 Å². The third kappa shape index (κ3) is 4.27. The number of nitrogens with two attached hydrogens (primary N) is 1. The van der Waals surface area contributed by atoms with E-state index in [4.69, 9.17) is 15.2 Å². The highest BCUT2D eigenvalue weighted by atomic mass is 16.5. The SMILES string of the molecule is Cc1ccc(OCC2CCCCO2)c(C#CCN)c1. The summed E-state index contributed by atoms with van der Waals surface area (Å²) in [6.07, 6.45) is 3.68. The van der Waals surface area contributed by atoms with Gasteiger partial charge in [0.1, 0.15) is 12.4 Å².